The Labute approximate surface area is 926 Å². The van der Waals surface area contributed by atoms with Crippen molar-refractivity contribution in [2.75, 3.05) is 95.5 Å². The predicted molar refractivity (Wildman–Crippen MR) is 581 cm³/mol. The van der Waals surface area contributed by atoms with Crippen LogP contribution in [0.15, 0.2) is 231 Å². The Bertz CT molecular complexity index is 5350. The highest BCUT2D eigenvalue weighted by atomic mass is 35.5. The SMILES string of the molecule is CCC(C)COc1ccc(S(=O)(=O)c2cc(Cl)c(OCC(C)CCl)c(Cl)c2)cc1.CC[C@@H](O)COc1ccc(S(=O)(=O)c2cc(Cl)c(OC[C@@H](C)CCl)c(Cl)c2)cc1.CC[C@@H](O)COc1ccc(S(=O)(=O)c2cc(Cl)c(OC[C@H](C)CCl)c(Cl)c2)cc1.CC[C@H](O)COc1ccc(S(=O)(=O)c2cc(Cl)c(OC[C@@H](C)CCl)c(Cl)c2)cc1.CC[C@H](O)COc1ccc(S(=O)(=O)c2cc(Cl)c(OC[C@H](C)CCl)c(Cl)c2)cc1. The van der Waals surface area contributed by atoms with E-state index in [4.69, 9.17) is 221 Å². The van der Waals surface area contributed by atoms with E-state index in [0.29, 0.717) is 129 Å². The second kappa shape index (κ2) is 62.3. The maximum absolute atomic E-state index is 13.0. The van der Waals surface area contributed by atoms with Crippen molar-refractivity contribution in [3.63, 3.8) is 0 Å². The number of benzene rings is 10. The van der Waals surface area contributed by atoms with Gasteiger partial charge in [-0.05, 0) is 214 Å². The molecule has 0 aromatic heterocycles. The fourth-order valence-electron chi connectivity index (χ4n) is 11.4. The van der Waals surface area contributed by atoms with E-state index in [2.05, 4.69) is 13.8 Å². The summed E-state index contributed by atoms with van der Waals surface area (Å²) in [6.45, 7) is 23.8. The Kier molecular flexibility index (Phi) is 54.9. The van der Waals surface area contributed by atoms with Gasteiger partial charge in [0.2, 0.25) is 49.2 Å². The smallest absolute Gasteiger partial charge is 0.206 e. The van der Waals surface area contributed by atoms with Gasteiger partial charge in [-0.2, -0.15) is 0 Å². The third-order valence-corrected chi connectivity index (χ3v) is 35.0. The fourth-order valence-corrected chi connectivity index (χ4v) is 22.0. The predicted octanol–water partition coefficient (Wildman–Crippen LogP) is 27.4. The first-order valence-corrected chi connectivity index (χ1v) is 59.3. The molecule has 0 aliphatic heterocycles. The molecule has 10 atom stereocenters. The number of alkyl halides is 5. The van der Waals surface area contributed by atoms with Crippen LogP contribution in [0.3, 0.4) is 0 Å². The van der Waals surface area contributed by atoms with Crippen LogP contribution in [0.1, 0.15) is 108 Å². The number of sulfone groups is 5. The van der Waals surface area contributed by atoms with Crippen LogP contribution in [0.4, 0.5) is 0 Å². The molecular formula is C101H117Cl15O24S5. The second-order valence-corrected chi connectivity index (χ2v) is 49.0. The average molecular weight is 2410 g/mol. The first kappa shape index (κ1) is 128. The number of hydrogen-bond donors (Lipinski definition) is 4. The number of rotatable bonds is 50. The fraction of sp³-hybridized carbons (Fsp3) is 0.406. The number of ether oxygens (including phenoxy) is 10. The van der Waals surface area contributed by atoms with Crippen LogP contribution in [-0.2, 0) is 49.2 Å². The molecule has 10 aromatic carbocycles. The van der Waals surface area contributed by atoms with Crippen LogP contribution in [0.5, 0.6) is 57.5 Å². The maximum Gasteiger partial charge on any atom is 0.206 e. The zero-order chi connectivity index (χ0) is 108. The summed E-state index contributed by atoms with van der Waals surface area (Å²) in [4.78, 5) is 0.231. The maximum atomic E-state index is 13.0. The Morgan fingerprint density at radius 2 is 0.331 bits per heavy atom. The molecule has 24 nitrogen and oxygen atoms in total. The Morgan fingerprint density at radius 3 is 0.455 bits per heavy atom. The van der Waals surface area contributed by atoms with E-state index in [1.54, 1.807) is 12.1 Å². The van der Waals surface area contributed by atoms with E-state index in [1.807, 2.05) is 62.3 Å². The normalized spacial score (nSPS) is 13.7. The summed E-state index contributed by atoms with van der Waals surface area (Å²) in [5, 5.41) is 39.3. The van der Waals surface area contributed by atoms with Crippen molar-refractivity contribution >= 4 is 223 Å². The highest BCUT2D eigenvalue weighted by molar-refractivity contribution is 7.92. The van der Waals surface area contributed by atoms with Gasteiger partial charge in [-0.1, -0.05) is 199 Å². The molecule has 0 amide bonds. The Morgan fingerprint density at radius 1 is 0.200 bits per heavy atom. The second-order valence-electron chi connectivity index (χ2n) is 33.6. The number of hydrogen-bond acceptors (Lipinski definition) is 24. The molecule has 2 unspecified atom stereocenters. The molecule has 0 saturated heterocycles. The van der Waals surface area contributed by atoms with Gasteiger partial charge in [0.25, 0.3) is 0 Å². The van der Waals surface area contributed by atoms with Gasteiger partial charge in [-0.15, -0.1) is 58.0 Å². The molecule has 0 heterocycles. The standard InChI is InChI=1S/C21H25Cl3O4S.4C20H23Cl3O5S/c1-4-14(2)12-27-16-5-7-17(8-6-16)29(25,26)18-9-19(23)21(20(24)10-18)28-13-15(3)11-22;4*1-3-14(24)12-27-15-4-6-16(7-5-15)29(25,26)17-8-18(22)20(19(23)9-17)28-11-13(2)10-21/h5-10,14-15H,4,11-13H2,1-3H3;4*4-9,13-14,24H,3,10-12H2,1-2H3/t;2*13-,14+;2*13-,14-/m.1010/s1. The Hall–Kier alpha value is -5.86. The molecule has 800 valence electrons. The minimum atomic E-state index is -3.84. The van der Waals surface area contributed by atoms with Gasteiger partial charge in [0.1, 0.15) is 55.2 Å². The first-order valence-electron chi connectivity index (χ1n) is 45.4. The van der Waals surface area contributed by atoms with Gasteiger partial charge >= 0.3 is 0 Å². The van der Waals surface area contributed by atoms with Crippen LogP contribution in [0.25, 0.3) is 0 Å². The number of halogens is 15. The first-order chi connectivity index (χ1) is 68.4. The molecular weight excluding hydrogens is 2290 g/mol. The monoisotopic (exact) mass is 2400 g/mol. The van der Waals surface area contributed by atoms with Crippen LogP contribution in [0, 0.1) is 35.5 Å². The van der Waals surface area contributed by atoms with Crippen molar-refractivity contribution in [1.82, 2.24) is 0 Å². The zero-order valence-electron chi connectivity index (χ0n) is 80.9. The summed E-state index contributed by atoms with van der Waals surface area (Å²) in [5.74, 6) is 6.60. The van der Waals surface area contributed by atoms with E-state index in [1.165, 1.54) is 170 Å². The summed E-state index contributed by atoms with van der Waals surface area (Å²) in [5.41, 5.74) is 0. The lowest BCUT2D eigenvalue weighted by Crippen LogP contribution is -2.16. The number of aliphatic hydroxyl groups excluding tert-OH is 4. The molecule has 0 bridgehead atoms. The van der Waals surface area contributed by atoms with E-state index in [9.17, 15) is 62.5 Å². The van der Waals surface area contributed by atoms with Gasteiger partial charge < -0.3 is 67.8 Å². The summed E-state index contributed by atoms with van der Waals surface area (Å²) in [6, 6.07) is 43.2. The molecule has 0 saturated carbocycles. The van der Waals surface area contributed by atoms with Crippen LogP contribution < -0.4 is 47.4 Å². The highest BCUT2D eigenvalue weighted by Crippen LogP contribution is 2.45. The molecule has 0 spiro atoms. The van der Waals surface area contributed by atoms with Crippen molar-refractivity contribution < 1.29 is 110 Å². The molecule has 44 heteroatoms. The van der Waals surface area contributed by atoms with Crippen molar-refractivity contribution in [2.24, 2.45) is 35.5 Å². The average Bonchev–Trinajstić information content (AvgIpc) is 0.801. The molecule has 0 aliphatic carbocycles. The van der Waals surface area contributed by atoms with Crippen molar-refractivity contribution in [2.45, 2.75) is 182 Å². The molecule has 4 N–H and O–H groups in total. The molecule has 10 aromatic rings. The third-order valence-electron chi connectivity index (χ3n) is 20.8. The molecule has 0 radical (unpaired) electrons. The van der Waals surface area contributed by atoms with Gasteiger partial charge in [-0.3, -0.25) is 0 Å². The van der Waals surface area contributed by atoms with Crippen LogP contribution in [0.2, 0.25) is 50.2 Å². The largest absolute Gasteiger partial charge is 0.493 e. The lowest BCUT2D eigenvalue weighted by atomic mass is 10.1. The topological polar surface area (TPSA) is 344 Å². The highest BCUT2D eigenvalue weighted by Gasteiger charge is 2.30. The summed E-state index contributed by atoms with van der Waals surface area (Å²) in [7, 11) is -19.1. The molecule has 10 rings (SSSR count). The van der Waals surface area contributed by atoms with E-state index in [0.717, 1.165) is 6.42 Å². The van der Waals surface area contributed by atoms with Gasteiger partial charge in [-0.25, -0.2) is 42.1 Å². The summed E-state index contributed by atoms with van der Waals surface area (Å²) >= 11 is 91.0. The molecule has 0 fully saturated rings. The Balaban J connectivity index is 0.000000277. The number of aliphatic hydroxyl groups is 4. The lowest BCUT2D eigenvalue weighted by Gasteiger charge is -2.15. The van der Waals surface area contributed by atoms with Gasteiger partial charge in [0.15, 0.2) is 28.7 Å². The molecule has 0 aliphatic rings. The quantitative estimate of drug-likeness (QED) is 0.0257. The third kappa shape index (κ3) is 39.6. The summed E-state index contributed by atoms with van der Waals surface area (Å²) < 4.78 is 185. The minimum absolute atomic E-state index is 0.00137. The van der Waals surface area contributed by atoms with Crippen molar-refractivity contribution in [3.05, 3.63) is 232 Å². The van der Waals surface area contributed by atoms with Crippen LogP contribution >= 0.6 is 174 Å². The molecule has 145 heavy (non-hydrogen) atoms. The van der Waals surface area contributed by atoms with E-state index >= 15 is 0 Å². The van der Waals surface area contributed by atoms with E-state index in [-0.39, 0.29) is 184 Å². The summed E-state index contributed by atoms with van der Waals surface area (Å²) in [6.07, 6.45) is 0.991. The van der Waals surface area contributed by atoms with Gasteiger partial charge in [0.05, 0.1) is 163 Å². The minimum Gasteiger partial charge on any atom is -0.493 e. The van der Waals surface area contributed by atoms with Crippen LogP contribution in [-0.4, -0.2) is 182 Å². The van der Waals surface area contributed by atoms with Gasteiger partial charge in [0, 0.05) is 59.0 Å². The van der Waals surface area contributed by atoms with Crippen molar-refractivity contribution in [1.29, 1.82) is 0 Å². The van der Waals surface area contributed by atoms with Crippen molar-refractivity contribution in [3.8, 4) is 57.5 Å². The zero-order valence-corrected chi connectivity index (χ0v) is 96.3. The lowest BCUT2D eigenvalue weighted by molar-refractivity contribution is 0.104. The van der Waals surface area contributed by atoms with E-state index < -0.39 is 73.6 Å².